The highest BCUT2D eigenvalue weighted by Crippen LogP contribution is 2.20. The van der Waals surface area contributed by atoms with Crippen LogP contribution in [0.4, 0.5) is 5.82 Å². The molecule has 1 fully saturated rings. The maximum absolute atomic E-state index is 10.9. The molecule has 1 aliphatic rings. The van der Waals surface area contributed by atoms with Crippen molar-refractivity contribution in [3.05, 3.63) is 18.1 Å². The van der Waals surface area contributed by atoms with Gasteiger partial charge in [-0.15, -0.1) is 0 Å². The van der Waals surface area contributed by atoms with E-state index < -0.39 is 5.97 Å². The maximum Gasteiger partial charge on any atom is 0.356 e. The molecule has 1 aliphatic heterocycles. The van der Waals surface area contributed by atoms with E-state index in [0.29, 0.717) is 11.7 Å². The Morgan fingerprint density at radius 1 is 1.61 bits per heavy atom. The van der Waals surface area contributed by atoms with E-state index in [0.717, 1.165) is 26.1 Å². The SMILES string of the molecule is CNCC1CCCN(c2cncc(C(=O)O)n2)C1. The number of nitrogens with zero attached hydrogens (tertiary/aromatic N) is 3. The number of carboxylic acids is 1. The number of hydrogen-bond acceptors (Lipinski definition) is 5. The van der Waals surface area contributed by atoms with E-state index >= 15 is 0 Å². The molecule has 0 aliphatic carbocycles. The lowest BCUT2D eigenvalue weighted by Crippen LogP contribution is -2.39. The van der Waals surface area contributed by atoms with E-state index in [-0.39, 0.29) is 5.69 Å². The normalized spacial score (nSPS) is 19.8. The van der Waals surface area contributed by atoms with E-state index in [4.69, 9.17) is 5.11 Å². The summed E-state index contributed by atoms with van der Waals surface area (Å²) in [7, 11) is 1.95. The van der Waals surface area contributed by atoms with Gasteiger partial charge in [0.2, 0.25) is 0 Å². The van der Waals surface area contributed by atoms with E-state index in [2.05, 4.69) is 20.2 Å². The second kappa shape index (κ2) is 5.77. The largest absolute Gasteiger partial charge is 0.476 e. The van der Waals surface area contributed by atoms with Crippen LogP contribution in [0.5, 0.6) is 0 Å². The van der Waals surface area contributed by atoms with Crippen LogP contribution in [-0.4, -0.2) is 47.7 Å². The molecule has 0 saturated carbocycles. The monoisotopic (exact) mass is 250 g/mol. The molecule has 0 amide bonds. The molecule has 1 aromatic heterocycles. The fourth-order valence-electron chi connectivity index (χ4n) is 2.34. The molecule has 0 radical (unpaired) electrons. The molecule has 98 valence electrons. The molecular weight excluding hydrogens is 232 g/mol. The van der Waals surface area contributed by atoms with Gasteiger partial charge >= 0.3 is 5.97 Å². The minimum Gasteiger partial charge on any atom is -0.476 e. The first-order valence-electron chi connectivity index (χ1n) is 6.15. The van der Waals surface area contributed by atoms with Gasteiger partial charge in [-0.3, -0.25) is 4.98 Å². The average Bonchev–Trinajstić information content (AvgIpc) is 2.39. The number of aromatic nitrogens is 2. The zero-order valence-corrected chi connectivity index (χ0v) is 10.5. The lowest BCUT2D eigenvalue weighted by Gasteiger charge is -2.33. The van der Waals surface area contributed by atoms with Gasteiger partial charge in [-0.1, -0.05) is 0 Å². The Hall–Kier alpha value is -1.69. The Morgan fingerprint density at radius 2 is 2.44 bits per heavy atom. The van der Waals surface area contributed by atoms with Gasteiger partial charge in [0.05, 0.1) is 12.4 Å². The molecule has 2 rings (SSSR count). The summed E-state index contributed by atoms with van der Waals surface area (Å²) in [6.45, 7) is 2.79. The number of anilines is 1. The summed E-state index contributed by atoms with van der Waals surface area (Å²) >= 11 is 0. The minimum absolute atomic E-state index is 0.00300. The van der Waals surface area contributed by atoms with E-state index in [1.54, 1.807) is 6.20 Å². The van der Waals surface area contributed by atoms with Gasteiger partial charge in [0.25, 0.3) is 0 Å². The Labute approximate surface area is 106 Å². The molecule has 0 spiro atoms. The number of carboxylic acid groups (broad SMARTS) is 1. The van der Waals surface area contributed by atoms with Crippen molar-refractivity contribution in [2.45, 2.75) is 12.8 Å². The first-order valence-corrected chi connectivity index (χ1v) is 6.15. The molecule has 1 saturated heterocycles. The van der Waals surface area contributed by atoms with Gasteiger partial charge in [0, 0.05) is 13.1 Å². The van der Waals surface area contributed by atoms with Crippen molar-refractivity contribution in [1.29, 1.82) is 0 Å². The molecule has 6 heteroatoms. The number of nitrogens with one attached hydrogen (secondary N) is 1. The van der Waals surface area contributed by atoms with Crippen molar-refractivity contribution in [3.8, 4) is 0 Å². The first-order chi connectivity index (χ1) is 8.70. The summed E-state index contributed by atoms with van der Waals surface area (Å²) < 4.78 is 0. The number of rotatable bonds is 4. The molecule has 1 aromatic rings. The van der Waals surface area contributed by atoms with Crippen LogP contribution < -0.4 is 10.2 Å². The van der Waals surface area contributed by atoms with Crippen LogP contribution in [0.2, 0.25) is 0 Å². The Morgan fingerprint density at radius 3 is 3.17 bits per heavy atom. The molecule has 0 bridgehead atoms. The minimum atomic E-state index is -1.03. The maximum atomic E-state index is 10.9. The number of aromatic carboxylic acids is 1. The van der Waals surface area contributed by atoms with Crippen molar-refractivity contribution in [2.24, 2.45) is 5.92 Å². The third-order valence-corrected chi connectivity index (χ3v) is 3.18. The molecule has 6 nitrogen and oxygen atoms in total. The van der Waals surface area contributed by atoms with Crippen molar-refractivity contribution in [1.82, 2.24) is 15.3 Å². The summed E-state index contributed by atoms with van der Waals surface area (Å²) in [6.07, 6.45) is 5.21. The quantitative estimate of drug-likeness (QED) is 0.815. The first kappa shape index (κ1) is 12.8. The van der Waals surface area contributed by atoms with Crippen molar-refractivity contribution in [2.75, 3.05) is 31.6 Å². The fourth-order valence-corrected chi connectivity index (χ4v) is 2.34. The second-order valence-electron chi connectivity index (χ2n) is 4.58. The van der Waals surface area contributed by atoms with Gasteiger partial charge in [-0.25, -0.2) is 9.78 Å². The second-order valence-corrected chi connectivity index (χ2v) is 4.58. The summed E-state index contributed by atoms with van der Waals surface area (Å²) in [4.78, 5) is 21.1. The van der Waals surface area contributed by atoms with Crippen LogP contribution in [0, 0.1) is 5.92 Å². The third-order valence-electron chi connectivity index (χ3n) is 3.18. The average molecular weight is 250 g/mol. The summed E-state index contributed by atoms with van der Waals surface area (Å²) in [5.74, 6) is 0.211. The van der Waals surface area contributed by atoms with Gasteiger partial charge < -0.3 is 15.3 Å². The smallest absolute Gasteiger partial charge is 0.356 e. The number of carbonyl (C=O) groups is 1. The standard InChI is InChI=1S/C12H18N4O2/c1-13-5-9-3-2-4-16(8-9)11-7-14-6-10(15-11)12(17)18/h6-7,9,13H,2-5,8H2,1H3,(H,17,18). The van der Waals surface area contributed by atoms with Crippen LogP contribution in [-0.2, 0) is 0 Å². The highest BCUT2D eigenvalue weighted by Gasteiger charge is 2.21. The predicted octanol–water partition coefficient (Wildman–Crippen LogP) is 0.611. The van der Waals surface area contributed by atoms with E-state index in [1.807, 2.05) is 7.05 Å². The van der Waals surface area contributed by atoms with Crippen LogP contribution in [0.3, 0.4) is 0 Å². The van der Waals surface area contributed by atoms with Gasteiger partial charge in [0.1, 0.15) is 5.82 Å². The zero-order valence-electron chi connectivity index (χ0n) is 10.5. The van der Waals surface area contributed by atoms with E-state index in [1.165, 1.54) is 12.6 Å². The number of hydrogen-bond donors (Lipinski definition) is 2. The summed E-state index contributed by atoms with van der Waals surface area (Å²) in [5, 5.41) is 12.1. The topological polar surface area (TPSA) is 78.4 Å². The van der Waals surface area contributed by atoms with Crippen molar-refractivity contribution in [3.63, 3.8) is 0 Å². The lowest BCUT2D eigenvalue weighted by atomic mass is 9.98. The van der Waals surface area contributed by atoms with Crippen LogP contribution in [0.1, 0.15) is 23.3 Å². The molecular formula is C12H18N4O2. The van der Waals surface area contributed by atoms with Crippen LogP contribution in [0.15, 0.2) is 12.4 Å². The van der Waals surface area contributed by atoms with Gasteiger partial charge in [0.15, 0.2) is 5.69 Å². The molecule has 18 heavy (non-hydrogen) atoms. The summed E-state index contributed by atoms with van der Waals surface area (Å²) in [5.41, 5.74) is 0.00300. The Balaban J connectivity index is 2.10. The van der Waals surface area contributed by atoms with Crippen LogP contribution >= 0.6 is 0 Å². The Bertz CT molecular complexity index is 422. The van der Waals surface area contributed by atoms with Crippen LogP contribution in [0.25, 0.3) is 0 Å². The fraction of sp³-hybridized carbons (Fsp3) is 0.583. The lowest BCUT2D eigenvalue weighted by molar-refractivity contribution is 0.0690. The Kier molecular flexibility index (Phi) is 4.09. The van der Waals surface area contributed by atoms with E-state index in [9.17, 15) is 4.79 Å². The highest BCUT2D eigenvalue weighted by atomic mass is 16.4. The predicted molar refractivity (Wildman–Crippen MR) is 67.9 cm³/mol. The molecule has 2 N–H and O–H groups in total. The van der Waals surface area contributed by atoms with Crippen molar-refractivity contribution < 1.29 is 9.90 Å². The van der Waals surface area contributed by atoms with Gasteiger partial charge in [-0.05, 0) is 32.4 Å². The zero-order chi connectivity index (χ0) is 13.0. The number of piperidine rings is 1. The van der Waals surface area contributed by atoms with Crippen molar-refractivity contribution >= 4 is 11.8 Å². The molecule has 1 unspecified atom stereocenters. The highest BCUT2D eigenvalue weighted by molar-refractivity contribution is 5.85. The molecule has 1 atom stereocenters. The van der Waals surface area contributed by atoms with Gasteiger partial charge in [-0.2, -0.15) is 0 Å². The molecule has 2 heterocycles. The summed E-state index contributed by atoms with van der Waals surface area (Å²) in [6, 6.07) is 0. The third kappa shape index (κ3) is 2.95. The molecule has 0 aromatic carbocycles.